The zero-order valence-electron chi connectivity index (χ0n) is 29.1. The summed E-state index contributed by atoms with van der Waals surface area (Å²) in [5, 5.41) is 11.2. The normalized spacial score (nSPS) is 13.9. The Labute approximate surface area is 353 Å². The first-order valence-corrected chi connectivity index (χ1v) is 23.0. The summed E-state index contributed by atoms with van der Waals surface area (Å²) < 4.78 is 94.4. The van der Waals surface area contributed by atoms with Crippen LogP contribution < -0.4 is 9.47 Å². The quantitative estimate of drug-likeness (QED) is 0.0882. The van der Waals surface area contributed by atoms with Crippen LogP contribution in [0.15, 0.2) is 56.9 Å². The number of ether oxygens (including phenoxy) is 4. The lowest BCUT2D eigenvalue weighted by molar-refractivity contribution is 0.0667. The lowest BCUT2D eigenvalue weighted by Gasteiger charge is -2.10. The predicted molar refractivity (Wildman–Crippen MR) is 216 cm³/mol. The first kappa shape index (κ1) is 40.5. The molecule has 0 aliphatic carbocycles. The second-order valence-electron chi connectivity index (χ2n) is 12.7. The number of rotatable bonds is 12. The standard InChI is InChI=1S/C35H28Cl4N4O10S4/c36-18-2-4-26(22(38)12-18)42-32-20(6-10-52-28-14-30(54-34(28)32)56(44,45)46)24(40-42)16-50-8-1-9-51-17-25-21-7-11-53-29-15-31(57(47,48)49)55-35(29)33(21)43(41-25)27-5-3-19(37)13-23(27)39/h2-5,12-15H,1,6-11,16-17H2,(H,44,45,46)(H,47,48,49). The molecule has 0 amide bonds. The summed E-state index contributed by atoms with van der Waals surface area (Å²) in [4.78, 5) is 0.931. The highest BCUT2D eigenvalue weighted by molar-refractivity contribution is 7.88. The van der Waals surface area contributed by atoms with E-state index >= 15 is 0 Å². The zero-order chi connectivity index (χ0) is 40.2. The minimum Gasteiger partial charge on any atom is -0.492 e. The number of hydrogen-bond acceptors (Lipinski definition) is 12. The fourth-order valence-electron chi connectivity index (χ4n) is 6.50. The molecule has 0 fully saturated rings. The van der Waals surface area contributed by atoms with Crippen molar-refractivity contribution < 1.29 is 44.9 Å². The molecule has 4 aromatic heterocycles. The topological polar surface area (TPSA) is 181 Å². The first-order valence-electron chi connectivity index (χ1n) is 16.9. The van der Waals surface area contributed by atoms with Gasteiger partial charge < -0.3 is 18.9 Å². The molecule has 8 rings (SSSR count). The summed E-state index contributed by atoms with van der Waals surface area (Å²) in [7, 11) is -8.99. The van der Waals surface area contributed by atoms with E-state index in [0.29, 0.717) is 108 Å². The number of aromatic nitrogens is 4. The van der Waals surface area contributed by atoms with Crippen molar-refractivity contribution >= 4 is 89.3 Å². The molecule has 6 aromatic rings. The van der Waals surface area contributed by atoms with Gasteiger partial charge in [-0.1, -0.05) is 46.4 Å². The van der Waals surface area contributed by atoms with Crippen LogP contribution in [0, 0.1) is 0 Å². The Balaban J connectivity index is 0.994. The Hall–Kier alpha value is -3.24. The maximum Gasteiger partial charge on any atom is 0.304 e. The van der Waals surface area contributed by atoms with Crippen molar-refractivity contribution in [2.45, 2.75) is 40.9 Å². The lowest BCUT2D eigenvalue weighted by Crippen LogP contribution is -2.06. The van der Waals surface area contributed by atoms with E-state index in [9.17, 15) is 25.9 Å². The summed E-state index contributed by atoms with van der Waals surface area (Å²) in [5.74, 6) is 0.595. The largest absolute Gasteiger partial charge is 0.492 e. The van der Waals surface area contributed by atoms with Crippen LogP contribution in [-0.2, 0) is 55.8 Å². The van der Waals surface area contributed by atoms with Crippen molar-refractivity contribution in [3.63, 3.8) is 0 Å². The van der Waals surface area contributed by atoms with Crippen molar-refractivity contribution in [3.05, 3.63) is 91.1 Å². The fourth-order valence-corrected chi connectivity index (χ4v) is 11.1. The van der Waals surface area contributed by atoms with Crippen LogP contribution in [0.5, 0.6) is 11.5 Å². The number of nitrogens with zero attached hydrogens (tertiary/aromatic N) is 4. The number of halogens is 4. The van der Waals surface area contributed by atoms with Gasteiger partial charge in [0.25, 0.3) is 0 Å². The van der Waals surface area contributed by atoms with Gasteiger partial charge in [-0.3, -0.25) is 9.11 Å². The molecule has 0 unspecified atom stereocenters. The molecule has 0 saturated heterocycles. The molecule has 2 aliphatic heterocycles. The number of benzene rings is 2. The van der Waals surface area contributed by atoms with E-state index in [4.69, 9.17) is 75.5 Å². The Bertz CT molecular complexity index is 2580. The molecule has 22 heteroatoms. The van der Waals surface area contributed by atoms with Crippen molar-refractivity contribution in [1.29, 1.82) is 0 Å². The number of hydrogen-bond donors (Lipinski definition) is 2. The fraction of sp³-hybridized carbons (Fsp3) is 0.257. The number of thiophene rings is 2. The summed E-state index contributed by atoms with van der Waals surface area (Å²) in [5.41, 5.74) is 4.89. The zero-order valence-corrected chi connectivity index (χ0v) is 35.4. The highest BCUT2D eigenvalue weighted by Crippen LogP contribution is 2.47. The third-order valence-electron chi connectivity index (χ3n) is 8.97. The molecule has 2 aliphatic rings. The van der Waals surface area contributed by atoms with Gasteiger partial charge in [-0.15, -0.1) is 22.7 Å². The second kappa shape index (κ2) is 16.1. The highest BCUT2D eigenvalue weighted by Gasteiger charge is 2.32. The maximum absolute atomic E-state index is 12.0. The van der Waals surface area contributed by atoms with Gasteiger partial charge in [0.2, 0.25) is 0 Å². The second-order valence-corrected chi connectivity index (χ2v) is 19.8. The van der Waals surface area contributed by atoms with Gasteiger partial charge in [0.1, 0.15) is 11.5 Å². The third-order valence-corrected chi connectivity index (χ3v) is 14.9. The highest BCUT2D eigenvalue weighted by atomic mass is 35.5. The summed E-state index contributed by atoms with van der Waals surface area (Å²) in [6.45, 7) is 1.28. The molecular weight excluding hydrogens is 906 g/mol. The average Bonchev–Trinajstić information content (AvgIpc) is 3.87. The molecule has 57 heavy (non-hydrogen) atoms. The minimum absolute atomic E-state index is 0.112. The molecule has 0 spiro atoms. The van der Waals surface area contributed by atoms with Crippen LogP contribution >= 0.6 is 69.1 Å². The Morgan fingerprint density at radius 1 is 0.667 bits per heavy atom. The molecular formula is C35H28Cl4N4O10S4. The van der Waals surface area contributed by atoms with Crippen molar-refractivity contribution in [1.82, 2.24) is 19.6 Å². The van der Waals surface area contributed by atoms with Crippen molar-refractivity contribution in [2.75, 3.05) is 26.4 Å². The van der Waals surface area contributed by atoms with E-state index in [1.165, 1.54) is 12.1 Å². The first-order chi connectivity index (χ1) is 27.2. The van der Waals surface area contributed by atoms with Crippen LogP contribution in [0.2, 0.25) is 20.1 Å². The molecule has 0 saturated carbocycles. The Morgan fingerprint density at radius 2 is 1.09 bits per heavy atom. The molecule has 6 heterocycles. The van der Waals surface area contributed by atoms with E-state index < -0.39 is 20.2 Å². The smallest absolute Gasteiger partial charge is 0.304 e. The predicted octanol–water partition coefficient (Wildman–Crippen LogP) is 8.62. The van der Waals surface area contributed by atoms with Crippen LogP contribution in [0.25, 0.3) is 32.5 Å². The van der Waals surface area contributed by atoms with Gasteiger partial charge in [0.15, 0.2) is 8.42 Å². The van der Waals surface area contributed by atoms with Gasteiger partial charge >= 0.3 is 20.2 Å². The minimum atomic E-state index is -4.50. The summed E-state index contributed by atoms with van der Waals surface area (Å²) in [6, 6.07) is 12.5. The van der Waals surface area contributed by atoms with Crippen LogP contribution in [0.4, 0.5) is 0 Å². The molecule has 0 atom stereocenters. The number of fused-ring (bicyclic) bond motifs is 6. The lowest BCUT2D eigenvalue weighted by atomic mass is 10.1. The third kappa shape index (κ3) is 8.20. The van der Waals surface area contributed by atoms with E-state index in [1.54, 1.807) is 45.8 Å². The van der Waals surface area contributed by atoms with E-state index in [2.05, 4.69) is 0 Å². The maximum atomic E-state index is 12.0. The van der Waals surface area contributed by atoms with E-state index in [-0.39, 0.29) is 34.8 Å². The molecule has 0 radical (unpaired) electrons. The van der Waals surface area contributed by atoms with Gasteiger partial charge in [-0.2, -0.15) is 27.0 Å². The summed E-state index contributed by atoms with van der Waals surface area (Å²) >= 11 is 27.3. The molecule has 0 bridgehead atoms. The molecule has 300 valence electrons. The molecule has 2 N–H and O–H groups in total. The van der Waals surface area contributed by atoms with Gasteiger partial charge in [0.05, 0.1) is 80.4 Å². The van der Waals surface area contributed by atoms with E-state index in [0.717, 1.165) is 33.8 Å². The van der Waals surface area contributed by atoms with Crippen LogP contribution in [0.3, 0.4) is 0 Å². The van der Waals surface area contributed by atoms with Gasteiger partial charge in [0, 0.05) is 59.4 Å². The van der Waals surface area contributed by atoms with E-state index in [1.807, 2.05) is 0 Å². The van der Waals surface area contributed by atoms with Gasteiger partial charge in [-0.05, 0) is 42.8 Å². The monoisotopic (exact) mass is 932 g/mol. The summed E-state index contributed by atoms with van der Waals surface area (Å²) in [6.07, 6.45) is 1.39. The molecule has 14 nitrogen and oxygen atoms in total. The Kier molecular flexibility index (Phi) is 11.4. The van der Waals surface area contributed by atoms with Crippen molar-refractivity contribution in [2.24, 2.45) is 0 Å². The average molecular weight is 935 g/mol. The van der Waals surface area contributed by atoms with Crippen LogP contribution in [0.1, 0.15) is 28.9 Å². The van der Waals surface area contributed by atoms with Crippen LogP contribution in [-0.4, -0.2) is 71.9 Å². The Morgan fingerprint density at radius 3 is 1.47 bits per heavy atom. The SMILES string of the molecule is O=S(=O)(O)c1cc2c(s1)-c1c(c(COCCCOCc3nn(-c4ccc(Cl)cc4Cl)c4c3CCOc3cc(S(=O)(=O)O)sc3-4)nn1-c1ccc(Cl)cc1Cl)CCO2. The van der Waals surface area contributed by atoms with Crippen molar-refractivity contribution in [3.8, 4) is 44.0 Å². The van der Waals surface area contributed by atoms with Gasteiger partial charge in [-0.25, -0.2) is 9.36 Å². The molecule has 2 aromatic carbocycles.